The normalized spacial score (nSPS) is 10.9. The highest BCUT2D eigenvalue weighted by Gasteiger charge is 2.12. The maximum atomic E-state index is 9.63. The number of rotatable bonds is 10. The van der Waals surface area contributed by atoms with Crippen LogP contribution in [0.5, 0.6) is 11.5 Å². The van der Waals surface area contributed by atoms with Crippen LogP contribution in [-0.2, 0) is 39.6 Å². The number of aliphatic hydroxyl groups is 4. The molecular formula is C26H30O6. The first-order chi connectivity index (χ1) is 15.5. The van der Waals surface area contributed by atoms with Crippen molar-refractivity contribution in [3.63, 3.8) is 0 Å². The maximum absolute atomic E-state index is 9.63. The predicted octanol–water partition coefficient (Wildman–Crippen LogP) is 3.43. The summed E-state index contributed by atoms with van der Waals surface area (Å²) in [7, 11) is 0. The molecule has 3 aromatic carbocycles. The summed E-state index contributed by atoms with van der Waals surface area (Å²) in [4.78, 5) is 0. The molecule has 3 aromatic rings. The largest absolute Gasteiger partial charge is 0.488 e. The number of hydrogen-bond donors (Lipinski definition) is 4. The molecule has 0 amide bonds. The van der Waals surface area contributed by atoms with Gasteiger partial charge in [0.15, 0.2) is 0 Å². The highest BCUT2D eigenvalue weighted by atomic mass is 16.5. The van der Waals surface area contributed by atoms with Crippen molar-refractivity contribution >= 4 is 0 Å². The summed E-state index contributed by atoms with van der Waals surface area (Å²) >= 11 is 0. The molecule has 0 fully saturated rings. The molecule has 0 saturated heterocycles. The van der Waals surface area contributed by atoms with Gasteiger partial charge in [0.05, 0.1) is 26.4 Å². The Labute approximate surface area is 188 Å². The first-order valence-corrected chi connectivity index (χ1v) is 10.5. The molecule has 32 heavy (non-hydrogen) atoms. The third-order valence-corrected chi connectivity index (χ3v) is 5.24. The first kappa shape index (κ1) is 23.8. The highest BCUT2D eigenvalue weighted by Crippen LogP contribution is 2.29. The lowest BCUT2D eigenvalue weighted by Gasteiger charge is -2.16. The van der Waals surface area contributed by atoms with Crippen molar-refractivity contribution in [3.8, 4) is 11.5 Å². The van der Waals surface area contributed by atoms with Crippen molar-refractivity contribution in [1.29, 1.82) is 0 Å². The molecule has 6 nitrogen and oxygen atoms in total. The van der Waals surface area contributed by atoms with E-state index in [9.17, 15) is 20.4 Å². The third-order valence-electron chi connectivity index (χ3n) is 5.24. The molecule has 0 spiro atoms. The number of hydrogen-bond acceptors (Lipinski definition) is 6. The van der Waals surface area contributed by atoms with Crippen molar-refractivity contribution in [2.45, 2.75) is 53.5 Å². The molecule has 0 radical (unpaired) electrons. The summed E-state index contributed by atoms with van der Waals surface area (Å²) in [6, 6.07) is 15.1. The maximum Gasteiger partial charge on any atom is 0.130 e. The molecule has 170 valence electrons. The fourth-order valence-corrected chi connectivity index (χ4v) is 3.74. The summed E-state index contributed by atoms with van der Waals surface area (Å²) in [5.41, 5.74) is 6.38. The molecular weight excluding hydrogens is 408 g/mol. The Morgan fingerprint density at radius 1 is 0.531 bits per heavy atom. The van der Waals surface area contributed by atoms with Crippen LogP contribution in [0.25, 0.3) is 0 Å². The third kappa shape index (κ3) is 5.66. The molecule has 0 aliphatic carbocycles. The van der Waals surface area contributed by atoms with Crippen molar-refractivity contribution in [2.24, 2.45) is 0 Å². The zero-order valence-corrected chi connectivity index (χ0v) is 18.5. The molecule has 0 heterocycles. The van der Waals surface area contributed by atoms with Crippen LogP contribution in [0.3, 0.4) is 0 Å². The van der Waals surface area contributed by atoms with Crippen LogP contribution < -0.4 is 9.47 Å². The van der Waals surface area contributed by atoms with Gasteiger partial charge in [-0.3, -0.25) is 0 Å². The topological polar surface area (TPSA) is 99.4 Å². The minimum Gasteiger partial charge on any atom is -0.488 e. The van der Waals surface area contributed by atoms with Crippen LogP contribution in [0.1, 0.15) is 44.5 Å². The number of ether oxygens (including phenoxy) is 2. The lowest BCUT2D eigenvalue weighted by Crippen LogP contribution is -2.05. The Morgan fingerprint density at radius 2 is 0.812 bits per heavy atom. The summed E-state index contributed by atoms with van der Waals surface area (Å²) in [6.45, 7) is 3.77. The van der Waals surface area contributed by atoms with Crippen LogP contribution >= 0.6 is 0 Å². The lowest BCUT2D eigenvalue weighted by molar-refractivity contribution is 0.241. The van der Waals surface area contributed by atoms with Crippen LogP contribution in [0.4, 0.5) is 0 Å². The summed E-state index contributed by atoms with van der Waals surface area (Å²) < 4.78 is 11.9. The van der Waals surface area contributed by atoms with Gasteiger partial charge in [0.2, 0.25) is 0 Å². The fraction of sp³-hybridized carbons (Fsp3) is 0.308. The average Bonchev–Trinajstić information content (AvgIpc) is 2.81. The monoisotopic (exact) mass is 438 g/mol. The first-order valence-electron chi connectivity index (χ1n) is 10.5. The Morgan fingerprint density at radius 3 is 1.06 bits per heavy atom. The lowest BCUT2D eigenvalue weighted by atomic mass is 10.1. The Kier molecular flexibility index (Phi) is 8.25. The van der Waals surface area contributed by atoms with E-state index in [2.05, 4.69) is 0 Å². The SMILES string of the molecule is Cc1cc(CO)c(OCc2ccc(COc3c(CO)cc(C)cc3CO)cc2)c(CO)c1. The quantitative estimate of drug-likeness (QED) is 0.387. The molecule has 0 aromatic heterocycles. The zero-order chi connectivity index (χ0) is 23.1. The van der Waals surface area contributed by atoms with Gasteiger partial charge in [0.1, 0.15) is 24.7 Å². The van der Waals surface area contributed by atoms with Gasteiger partial charge >= 0.3 is 0 Å². The zero-order valence-electron chi connectivity index (χ0n) is 18.5. The van der Waals surface area contributed by atoms with E-state index in [-0.39, 0.29) is 26.4 Å². The van der Waals surface area contributed by atoms with E-state index in [1.54, 1.807) is 0 Å². The van der Waals surface area contributed by atoms with Gasteiger partial charge < -0.3 is 29.9 Å². The summed E-state index contributed by atoms with van der Waals surface area (Å²) in [5.74, 6) is 1.03. The van der Waals surface area contributed by atoms with E-state index >= 15 is 0 Å². The van der Waals surface area contributed by atoms with Crippen LogP contribution in [-0.4, -0.2) is 20.4 Å². The van der Waals surface area contributed by atoms with E-state index < -0.39 is 0 Å². The molecule has 6 heteroatoms. The standard InChI is InChI=1S/C26H30O6/c1-17-7-21(11-27)25(22(8-17)12-28)31-15-19-3-5-20(6-4-19)16-32-26-23(13-29)9-18(2)10-24(26)14-30/h3-10,27-30H,11-16H2,1-2H3. The van der Waals surface area contributed by atoms with Crippen molar-refractivity contribution in [2.75, 3.05) is 0 Å². The molecule has 0 aliphatic rings. The van der Waals surface area contributed by atoms with E-state index in [1.165, 1.54) is 0 Å². The van der Waals surface area contributed by atoms with Crippen LogP contribution in [0.2, 0.25) is 0 Å². The average molecular weight is 439 g/mol. The van der Waals surface area contributed by atoms with E-state index in [0.29, 0.717) is 47.0 Å². The van der Waals surface area contributed by atoms with Crippen LogP contribution in [0, 0.1) is 13.8 Å². The predicted molar refractivity (Wildman–Crippen MR) is 121 cm³/mol. The minimum absolute atomic E-state index is 0.162. The molecule has 0 aliphatic heterocycles. The van der Waals surface area contributed by atoms with Gasteiger partial charge in [0.25, 0.3) is 0 Å². The molecule has 4 N–H and O–H groups in total. The molecule has 0 saturated carbocycles. The second-order valence-corrected chi connectivity index (χ2v) is 7.85. The van der Waals surface area contributed by atoms with Crippen molar-refractivity contribution < 1.29 is 29.9 Å². The van der Waals surface area contributed by atoms with Crippen molar-refractivity contribution in [1.82, 2.24) is 0 Å². The van der Waals surface area contributed by atoms with Gasteiger partial charge in [0, 0.05) is 22.3 Å². The van der Waals surface area contributed by atoms with Crippen LogP contribution in [0.15, 0.2) is 48.5 Å². The molecule has 3 rings (SSSR count). The van der Waals surface area contributed by atoms with E-state index in [1.807, 2.05) is 62.4 Å². The van der Waals surface area contributed by atoms with Gasteiger partial charge in [-0.2, -0.15) is 0 Å². The Bertz CT molecular complexity index is 908. The fourth-order valence-electron chi connectivity index (χ4n) is 3.74. The van der Waals surface area contributed by atoms with Crippen molar-refractivity contribution in [3.05, 3.63) is 93.0 Å². The molecule has 0 unspecified atom stereocenters. The summed E-state index contributed by atoms with van der Waals surface area (Å²) in [6.07, 6.45) is 0. The number of benzene rings is 3. The van der Waals surface area contributed by atoms with E-state index in [0.717, 1.165) is 22.3 Å². The Hall–Kier alpha value is -2.90. The minimum atomic E-state index is -0.162. The smallest absolute Gasteiger partial charge is 0.130 e. The summed E-state index contributed by atoms with van der Waals surface area (Å²) in [5, 5.41) is 38.5. The Balaban J connectivity index is 1.67. The van der Waals surface area contributed by atoms with Gasteiger partial charge in [-0.15, -0.1) is 0 Å². The van der Waals surface area contributed by atoms with Gasteiger partial charge in [-0.05, 0) is 25.0 Å². The number of aliphatic hydroxyl groups excluding tert-OH is 4. The molecule has 0 bridgehead atoms. The second-order valence-electron chi connectivity index (χ2n) is 7.85. The second kappa shape index (κ2) is 11.1. The highest BCUT2D eigenvalue weighted by molar-refractivity contribution is 5.45. The van der Waals surface area contributed by atoms with E-state index in [4.69, 9.17) is 9.47 Å². The van der Waals surface area contributed by atoms with Gasteiger partial charge in [-0.1, -0.05) is 59.7 Å². The number of aryl methyl sites for hydroxylation is 2. The molecule has 0 atom stereocenters. The van der Waals surface area contributed by atoms with Gasteiger partial charge in [-0.25, -0.2) is 0 Å².